The van der Waals surface area contributed by atoms with Crippen molar-refractivity contribution in [1.29, 1.82) is 0 Å². The number of nitrogens with zero attached hydrogens (tertiary/aromatic N) is 2. The Morgan fingerprint density at radius 2 is 1.90 bits per heavy atom. The second-order valence-corrected chi connectivity index (χ2v) is 5.55. The SMILES string of the molecule is Fc1ccc(-c2c(-c3ccon3)sc3ncccc23)cc1. The molecule has 0 atom stereocenters. The molecule has 102 valence electrons. The molecule has 0 aliphatic heterocycles. The first-order valence-electron chi connectivity index (χ1n) is 6.37. The van der Waals surface area contributed by atoms with E-state index in [0.29, 0.717) is 0 Å². The van der Waals surface area contributed by atoms with Gasteiger partial charge in [-0.2, -0.15) is 0 Å². The van der Waals surface area contributed by atoms with Crippen molar-refractivity contribution in [2.45, 2.75) is 0 Å². The third-order valence-corrected chi connectivity index (χ3v) is 4.41. The molecule has 0 spiro atoms. The Bertz CT molecular complexity index is 898. The van der Waals surface area contributed by atoms with Crippen LogP contribution in [0.2, 0.25) is 0 Å². The summed E-state index contributed by atoms with van der Waals surface area (Å²) in [5, 5.41) is 5.05. The van der Waals surface area contributed by atoms with Crippen molar-refractivity contribution >= 4 is 21.6 Å². The molecular formula is C16H9FN2OS. The minimum atomic E-state index is -0.251. The van der Waals surface area contributed by atoms with Crippen molar-refractivity contribution in [3.05, 3.63) is 60.7 Å². The van der Waals surface area contributed by atoms with Gasteiger partial charge in [-0.25, -0.2) is 9.37 Å². The zero-order valence-corrected chi connectivity index (χ0v) is 11.6. The maximum atomic E-state index is 13.2. The molecule has 0 saturated heterocycles. The minimum Gasteiger partial charge on any atom is -0.364 e. The first-order valence-corrected chi connectivity index (χ1v) is 7.19. The highest BCUT2D eigenvalue weighted by Gasteiger charge is 2.17. The molecule has 0 unspecified atom stereocenters. The van der Waals surface area contributed by atoms with E-state index in [-0.39, 0.29) is 5.82 Å². The fraction of sp³-hybridized carbons (Fsp3) is 0. The summed E-state index contributed by atoms with van der Waals surface area (Å²) >= 11 is 1.55. The van der Waals surface area contributed by atoms with Crippen LogP contribution in [0.1, 0.15) is 0 Å². The summed E-state index contributed by atoms with van der Waals surface area (Å²) in [6.45, 7) is 0. The third-order valence-electron chi connectivity index (χ3n) is 3.27. The molecule has 4 aromatic rings. The lowest BCUT2D eigenvalue weighted by atomic mass is 10.0. The molecule has 0 bridgehead atoms. The largest absolute Gasteiger partial charge is 0.364 e. The summed E-state index contributed by atoms with van der Waals surface area (Å²) < 4.78 is 18.1. The van der Waals surface area contributed by atoms with Gasteiger partial charge < -0.3 is 4.52 Å². The summed E-state index contributed by atoms with van der Waals surface area (Å²) in [5.41, 5.74) is 2.71. The number of aromatic nitrogens is 2. The topological polar surface area (TPSA) is 38.9 Å². The van der Waals surface area contributed by atoms with Gasteiger partial charge >= 0.3 is 0 Å². The number of rotatable bonds is 2. The first kappa shape index (κ1) is 12.2. The number of fused-ring (bicyclic) bond motifs is 1. The highest BCUT2D eigenvalue weighted by Crippen LogP contribution is 2.43. The second-order valence-electron chi connectivity index (χ2n) is 4.55. The Labute approximate surface area is 123 Å². The van der Waals surface area contributed by atoms with E-state index in [1.165, 1.54) is 12.1 Å². The highest BCUT2D eigenvalue weighted by molar-refractivity contribution is 7.22. The average Bonchev–Trinajstić information content (AvgIpc) is 3.15. The van der Waals surface area contributed by atoms with Gasteiger partial charge in [0.25, 0.3) is 0 Å². The predicted octanol–water partition coefficient (Wildman–Crippen LogP) is 4.76. The summed E-state index contributed by atoms with van der Waals surface area (Å²) in [6, 6.07) is 12.2. The van der Waals surface area contributed by atoms with Crippen molar-refractivity contribution in [1.82, 2.24) is 10.1 Å². The van der Waals surface area contributed by atoms with Crippen LogP contribution in [0.5, 0.6) is 0 Å². The lowest BCUT2D eigenvalue weighted by Crippen LogP contribution is -1.82. The monoisotopic (exact) mass is 296 g/mol. The number of halogens is 1. The number of benzene rings is 1. The van der Waals surface area contributed by atoms with Crippen LogP contribution in [0, 0.1) is 5.82 Å². The molecule has 1 aromatic carbocycles. The van der Waals surface area contributed by atoms with Gasteiger partial charge in [0.15, 0.2) is 0 Å². The van der Waals surface area contributed by atoms with Gasteiger partial charge in [0.05, 0.1) is 4.88 Å². The van der Waals surface area contributed by atoms with Gasteiger partial charge in [-0.15, -0.1) is 11.3 Å². The molecular weight excluding hydrogens is 287 g/mol. The van der Waals surface area contributed by atoms with E-state index in [9.17, 15) is 4.39 Å². The van der Waals surface area contributed by atoms with Crippen LogP contribution in [0.15, 0.2) is 59.4 Å². The highest BCUT2D eigenvalue weighted by atomic mass is 32.1. The average molecular weight is 296 g/mol. The number of hydrogen-bond acceptors (Lipinski definition) is 4. The summed E-state index contributed by atoms with van der Waals surface area (Å²) in [7, 11) is 0. The summed E-state index contributed by atoms with van der Waals surface area (Å²) in [4.78, 5) is 6.30. The van der Waals surface area contributed by atoms with Crippen LogP contribution in [0.4, 0.5) is 4.39 Å². The molecule has 21 heavy (non-hydrogen) atoms. The van der Waals surface area contributed by atoms with Gasteiger partial charge in [0.2, 0.25) is 0 Å². The van der Waals surface area contributed by atoms with E-state index in [1.807, 2.05) is 18.2 Å². The van der Waals surface area contributed by atoms with Gasteiger partial charge in [-0.1, -0.05) is 17.3 Å². The van der Waals surface area contributed by atoms with Gasteiger partial charge in [0, 0.05) is 23.2 Å². The van der Waals surface area contributed by atoms with Gasteiger partial charge in [-0.3, -0.25) is 0 Å². The third kappa shape index (κ3) is 2.02. The van der Waals surface area contributed by atoms with E-state index in [1.54, 1.807) is 35.9 Å². The number of hydrogen-bond donors (Lipinski definition) is 0. The van der Waals surface area contributed by atoms with Crippen LogP contribution in [-0.4, -0.2) is 10.1 Å². The summed E-state index contributed by atoms with van der Waals surface area (Å²) in [6.07, 6.45) is 3.31. The fourth-order valence-electron chi connectivity index (χ4n) is 2.35. The lowest BCUT2D eigenvalue weighted by molar-refractivity contribution is 0.422. The van der Waals surface area contributed by atoms with Gasteiger partial charge in [-0.05, 0) is 29.8 Å². The molecule has 0 saturated carbocycles. The number of thiophene rings is 1. The maximum Gasteiger partial charge on any atom is 0.124 e. The zero-order chi connectivity index (χ0) is 14.2. The van der Waals surface area contributed by atoms with Crippen molar-refractivity contribution in [2.75, 3.05) is 0 Å². The smallest absolute Gasteiger partial charge is 0.124 e. The van der Waals surface area contributed by atoms with Crippen LogP contribution in [0.25, 0.3) is 31.9 Å². The van der Waals surface area contributed by atoms with E-state index in [0.717, 1.165) is 31.9 Å². The first-order chi connectivity index (χ1) is 10.3. The van der Waals surface area contributed by atoms with Crippen molar-refractivity contribution in [3.8, 4) is 21.7 Å². The zero-order valence-electron chi connectivity index (χ0n) is 10.8. The van der Waals surface area contributed by atoms with Crippen LogP contribution in [-0.2, 0) is 0 Å². The Balaban J connectivity index is 2.05. The molecule has 3 heterocycles. The fourth-order valence-corrected chi connectivity index (χ4v) is 3.47. The van der Waals surface area contributed by atoms with E-state index in [2.05, 4.69) is 10.1 Å². The van der Waals surface area contributed by atoms with Crippen molar-refractivity contribution in [2.24, 2.45) is 0 Å². The number of pyridine rings is 1. The quantitative estimate of drug-likeness (QED) is 0.535. The van der Waals surface area contributed by atoms with Gasteiger partial charge in [0.1, 0.15) is 22.6 Å². The molecule has 0 fully saturated rings. The molecule has 3 aromatic heterocycles. The van der Waals surface area contributed by atoms with Crippen molar-refractivity contribution < 1.29 is 8.91 Å². The Kier molecular flexibility index (Phi) is 2.79. The van der Waals surface area contributed by atoms with Crippen LogP contribution < -0.4 is 0 Å². The molecule has 0 aliphatic rings. The normalized spacial score (nSPS) is 11.1. The summed E-state index contributed by atoms with van der Waals surface area (Å²) in [5.74, 6) is -0.251. The van der Waals surface area contributed by atoms with E-state index < -0.39 is 0 Å². The standard InChI is InChI=1S/C16H9FN2OS/c17-11-5-3-10(4-6-11)14-12-2-1-8-18-16(12)21-15(14)13-7-9-20-19-13/h1-9H. The van der Waals surface area contributed by atoms with E-state index >= 15 is 0 Å². The molecule has 0 aliphatic carbocycles. The maximum absolute atomic E-state index is 13.2. The molecule has 4 rings (SSSR count). The Morgan fingerprint density at radius 3 is 2.67 bits per heavy atom. The second kappa shape index (κ2) is 4.79. The lowest BCUT2D eigenvalue weighted by Gasteiger charge is -2.03. The molecule has 5 heteroatoms. The van der Waals surface area contributed by atoms with E-state index in [4.69, 9.17) is 4.52 Å². The Hall–Kier alpha value is -2.53. The predicted molar refractivity (Wildman–Crippen MR) is 80.5 cm³/mol. The van der Waals surface area contributed by atoms with Crippen LogP contribution in [0.3, 0.4) is 0 Å². The minimum absolute atomic E-state index is 0.251. The Morgan fingerprint density at radius 1 is 1.05 bits per heavy atom. The molecule has 0 radical (unpaired) electrons. The molecule has 0 N–H and O–H groups in total. The van der Waals surface area contributed by atoms with Crippen LogP contribution >= 0.6 is 11.3 Å². The van der Waals surface area contributed by atoms with Crippen molar-refractivity contribution in [3.63, 3.8) is 0 Å². The molecule has 0 amide bonds. The molecule has 3 nitrogen and oxygen atoms in total.